The molecule has 14 heavy (non-hydrogen) atoms. The lowest BCUT2D eigenvalue weighted by Crippen LogP contribution is -2.18. The first-order valence-corrected chi connectivity index (χ1v) is 5.38. The van der Waals surface area contributed by atoms with Crippen molar-refractivity contribution in [3.8, 4) is 0 Å². The summed E-state index contributed by atoms with van der Waals surface area (Å²) in [6.45, 7) is 4.34. The van der Waals surface area contributed by atoms with E-state index in [1.165, 1.54) is 6.42 Å². The largest absolute Gasteiger partial charge is 0.366 e. The van der Waals surface area contributed by atoms with E-state index in [1.807, 2.05) is 0 Å². The minimum absolute atomic E-state index is 0.430. The molecule has 3 nitrogen and oxygen atoms in total. The molecule has 0 aromatic carbocycles. The normalized spacial score (nSPS) is 12.5. The Labute approximate surface area is 89.9 Å². The monoisotopic (exact) mass is 213 g/mol. The van der Waals surface area contributed by atoms with Gasteiger partial charge in [0.15, 0.2) is 0 Å². The third kappa shape index (κ3) is 3.50. The van der Waals surface area contributed by atoms with Gasteiger partial charge < -0.3 is 5.32 Å². The number of hydrogen-bond donors (Lipinski definition) is 1. The van der Waals surface area contributed by atoms with Crippen LogP contribution in [0.3, 0.4) is 0 Å². The summed E-state index contributed by atoms with van der Waals surface area (Å²) in [5.74, 6) is 0.801. The van der Waals surface area contributed by atoms with Crippen LogP contribution in [0.1, 0.15) is 33.1 Å². The maximum atomic E-state index is 5.64. The molecule has 0 spiro atoms. The summed E-state index contributed by atoms with van der Waals surface area (Å²) in [4.78, 5) is 8.11. The lowest BCUT2D eigenvalue weighted by molar-refractivity contribution is 0.620. The van der Waals surface area contributed by atoms with Crippen molar-refractivity contribution in [3.05, 3.63) is 17.5 Å². The SMILES string of the molecule is CCC[C@H](CC)Nc1cnc(Cl)cn1. The Bertz CT molecular complexity index is 261. The van der Waals surface area contributed by atoms with E-state index in [0.29, 0.717) is 11.2 Å². The van der Waals surface area contributed by atoms with Gasteiger partial charge in [0.05, 0.1) is 12.4 Å². The molecule has 0 aliphatic heterocycles. The van der Waals surface area contributed by atoms with Gasteiger partial charge in [0.1, 0.15) is 11.0 Å². The molecule has 78 valence electrons. The summed E-state index contributed by atoms with van der Waals surface area (Å²) < 4.78 is 0. The van der Waals surface area contributed by atoms with Crippen LogP contribution in [-0.4, -0.2) is 16.0 Å². The van der Waals surface area contributed by atoms with E-state index in [2.05, 4.69) is 29.1 Å². The molecule has 0 bridgehead atoms. The van der Waals surface area contributed by atoms with Crippen molar-refractivity contribution < 1.29 is 0 Å². The van der Waals surface area contributed by atoms with Gasteiger partial charge >= 0.3 is 0 Å². The highest BCUT2D eigenvalue weighted by molar-refractivity contribution is 6.29. The number of nitrogens with zero attached hydrogens (tertiary/aromatic N) is 2. The van der Waals surface area contributed by atoms with Crippen LogP contribution in [0.5, 0.6) is 0 Å². The van der Waals surface area contributed by atoms with Gasteiger partial charge in [-0.1, -0.05) is 31.9 Å². The minimum atomic E-state index is 0.430. The molecular formula is C10H16ClN3. The van der Waals surface area contributed by atoms with Crippen LogP contribution in [0.4, 0.5) is 5.82 Å². The van der Waals surface area contributed by atoms with Crippen LogP contribution in [0.15, 0.2) is 12.4 Å². The fraction of sp³-hybridized carbons (Fsp3) is 0.600. The molecular weight excluding hydrogens is 198 g/mol. The summed E-state index contributed by atoms with van der Waals surface area (Å²) in [7, 11) is 0. The molecule has 0 radical (unpaired) electrons. The Morgan fingerprint density at radius 1 is 1.36 bits per heavy atom. The van der Waals surface area contributed by atoms with Crippen LogP contribution in [0.25, 0.3) is 0 Å². The predicted molar refractivity (Wildman–Crippen MR) is 59.7 cm³/mol. The molecule has 1 N–H and O–H groups in total. The molecule has 0 saturated heterocycles. The van der Waals surface area contributed by atoms with E-state index in [9.17, 15) is 0 Å². The average molecular weight is 214 g/mol. The van der Waals surface area contributed by atoms with Crippen LogP contribution >= 0.6 is 11.6 Å². The summed E-state index contributed by atoms with van der Waals surface area (Å²) in [6.07, 6.45) is 6.65. The zero-order chi connectivity index (χ0) is 10.4. The maximum Gasteiger partial charge on any atom is 0.147 e. The van der Waals surface area contributed by atoms with E-state index in [-0.39, 0.29) is 0 Å². The van der Waals surface area contributed by atoms with Gasteiger partial charge in [0.25, 0.3) is 0 Å². The lowest BCUT2D eigenvalue weighted by atomic mass is 10.1. The highest BCUT2D eigenvalue weighted by Gasteiger charge is 2.05. The van der Waals surface area contributed by atoms with Crippen molar-refractivity contribution in [2.45, 2.75) is 39.2 Å². The zero-order valence-corrected chi connectivity index (χ0v) is 9.38. The van der Waals surface area contributed by atoms with Gasteiger partial charge in [-0.25, -0.2) is 9.97 Å². The van der Waals surface area contributed by atoms with Gasteiger partial charge in [0.2, 0.25) is 0 Å². The molecule has 0 aliphatic carbocycles. The minimum Gasteiger partial charge on any atom is -0.366 e. The van der Waals surface area contributed by atoms with Gasteiger partial charge in [-0.2, -0.15) is 0 Å². The van der Waals surface area contributed by atoms with Crippen molar-refractivity contribution in [1.82, 2.24) is 9.97 Å². The molecule has 4 heteroatoms. The molecule has 1 heterocycles. The lowest BCUT2D eigenvalue weighted by Gasteiger charge is -2.15. The number of anilines is 1. The molecule has 0 fully saturated rings. The van der Waals surface area contributed by atoms with Gasteiger partial charge in [-0.15, -0.1) is 0 Å². The third-order valence-electron chi connectivity index (χ3n) is 2.10. The molecule has 0 saturated carbocycles. The van der Waals surface area contributed by atoms with Crippen molar-refractivity contribution >= 4 is 17.4 Å². The van der Waals surface area contributed by atoms with Crippen molar-refractivity contribution in [2.75, 3.05) is 5.32 Å². The second-order valence-electron chi connectivity index (χ2n) is 3.26. The van der Waals surface area contributed by atoms with Gasteiger partial charge in [0, 0.05) is 6.04 Å². The first kappa shape index (κ1) is 11.2. The highest BCUT2D eigenvalue weighted by atomic mass is 35.5. The van der Waals surface area contributed by atoms with E-state index >= 15 is 0 Å². The van der Waals surface area contributed by atoms with E-state index < -0.39 is 0 Å². The molecule has 1 atom stereocenters. The topological polar surface area (TPSA) is 37.8 Å². The number of halogens is 1. The fourth-order valence-electron chi connectivity index (χ4n) is 1.32. The number of rotatable bonds is 5. The second kappa shape index (κ2) is 5.81. The van der Waals surface area contributed by atoms with Crippen LogP contribution < -0.4 is 5.32 Å². The third-order valence-corrected chi connectivity index (χ3v) is 2.30. The van der Waals surface area contributed by atoms with Crippen molar-refractivity contribution in [1.29, 1.82) is 0 Å². The average Bonchev–Trinajstić information content (AvgIpc) is 2.20. The molecule has 1 rings (SSSR count). The zero-order valence-electron chi connectivity index (χ0n) is 8.63. The standard InChI is InChI=1S/C10H16ClN3/c1-3-5-8(4-2)14-10-7-12-9(11)6-13-10/h6-8H,3-5H2,1-2H3,(H,13,14)/t8-/m0/s1. The van der Waals surface area contributed by atoms with Crippen molar-refractivity contribution in [2.24, 2.45) is 0 Å². The van der Waals surface area contributed by atoms with Crippen LogP contribution in [0.2, 0.25) is 5.15 Å². The van der Waals surface area contributed by atoms with Crippen LogP contribution in [-0.2, 0) is 0 Å². The quantitative estimate of drug-likeness (QED) is 0.817. The van der Waals surface area contributed by atoms with E-state index in [0.717, 1.165) is 18.7 Å². The summed E-state index contributed by atoms with van der Waals surface area (Å²) in [5.41, 5.74) is 0. The van der Waals surface area contributed by atoms with Gasteiger partial charge in [-0.05, 0) is 12.8 Å². The molecule has 0 amide bonds. The summed E-state index contributed by atoms with van der Waals surface area (Å²) >= 11 is 5.64. The highest BCUT2D eigenvalue weighted by Crippen LogP contribution is 2.10. The number of nitrogens with one attached hydrogen (secondary N) is 1. The Kier molecular flexibility index (Phi) is 4.66. The molecule has 1 aromatic heterocycles. The van der Waals surface area contributed by atoms with Crippen molar-refractivity contribution in [3.63, 3.8) is 0 Å². The molecule has 1 aromatic rings. The molecule has 0 aliphatic rings. The smallest absolute Gasteiger partial charge is 0.147 e. The Hall–Kier alpha value is -0.830. The molecule has 0 unspecified atom stereocenters. The predicted octanol–water partition coefficient (Wildman–Crippen LogP) is 3.12. The van der Waals surface area contributed by atoms with Crippen LogP contribution in [0, 0.1) is 0 Å². The Morgan fingerprint density at radius 2 is 2.14 bits per heavy atom. The number of hydrogen-bond acceptors (Lipinski definition) is 3. The van der Waals surface area contributed by atoms with E-state index in [4.69, 9.17) is 11.6 Å². The fourth-order valence-corrected chi connectivity index (χ4v) is 1.42. The Morgan fingerprint density at radius 3 is 2.64 bits per heavy atom. The van der Waals surface area contributed by atoms with E-state index in [1.54, 1.807) is 12.4 Å². The first-order valence-electron chi connectivity index (χ1n) is 5.00. The summed E-state index contributed by atoms with van der Waals surface area (Å²) in [6, 6.07) is 0.482. The Balaban J connectivity index is 2.53. The first-order chi connectivity index (χ1) is 6.76. The maximum absolute atomic E-state index is 5.64. The summed E-state index contributed by atoms with van der Waals surface area (Å²) in [5, 5.41) is 3.75. The number of aromatic nitrogens is 2. The second-order valence-corrected chi connectivity index (χ2v) is 3.65. The van der Waals surface area contributed by atoms with Gasteiger partial charge in [-0.3, -0.25) is 0 Å².